The lowest BCUT2D eigenvalue weighted by atomic mass is 9.85. The van der Waals surface area contributed by atoms with Gasteiger partial charge in [0.2, 0.25) is 29.5 Å². The number of benzene rings is 4. The number of rotatable bonds is 20. The maximum absolute atomic E-state index is 14.0. The molecule has 6 rings (SSSR count). The zero-order chi connectivity index (χ0) is 50.5. The summed E-state index contributed by atoms with van der Waals surface area (Å²) in [5.41, 5.74) is 8.75. The quantitative estimate of drug-likeness (QED) is 0.0448. The van der Waals surface area contributed by atoms with Crippen LogP contribution in [-0.4, -0.2) is 111 Å². The Hall–Kier alpha value is -7.04. The first-order valence-corrected chi connectivity index (χ1v) is 24.4. The summed E-state index contributed by atoms with van der Waals surface area (Å²) in [5, 5.41) is 38.8. The number of nitrogens with zero attached hydrogens (tertiary/aromatic N) is 3. The lowest BCUT2D eigenvalue weighted by molar-refractivity contribution is -0.144. The van der Waals surface area contributed by atoms with Gasteiger partial charge >= 0.3 is 0 Å². The standard InChI is InChI=1S/C54H64N6O9S/c1-7-44(36-12-18-40(61)19-13-36)49(37-14-20-41(62)21-15-37)38-16-22-43(23-17-38)69-29-28-59(6)48(66)26-27-55-46(64)24-25-47(65)58-51(54(3,4)5)53(68)60-32-42(63)30-45(60)52(67)56-31-35-8-10-39(11-9-35)50-34(2)57-33-70-50/h8-23,33,42,45,51,61-63H,7,24-32H2,1-6H3,(H,55,64)(H,56,67)(H,58,65)/b49-44-/t42-,45+,51-/m1/s1. The monoisotopic (exact) mass is 972 g/mol. The molecule has 16 heteroatoms. The fourth-order valence-corrected chi connectivity index (χ4v) is 9.11. The van der Waals surface area contributed by atoms with E-state index in [0.29, 0.717) is 18.7 Å². The van der Waals surface area contributed by atoms with Gasteiger partial charge in [-0.05, 0) is 94.1 Å². The molecule has 0 aliphatic carbocycles. The number of likely N-dealkylation sites (tertiary alicyclic amines) is 1. The highest BCUT2D eigenvalue weighted by Crippen LogP contribution is 2.36. The van der Waals surface area contributed by atoms with Gasteiger partial charge in [-0.15, -0.1) is 11.3 Å². The Kier molecular flexibility index (Phi) is 17.9. The number of carbonyl (C=O) groups excluding carboxylic acids is 5. The van der Waals surface area contributed by atoms with E-state index >= 15 is 0 Å². The molecule has 6 N–H and O–H groups in total. The largest absolute Gasteiger partial charge is 0.508 e. The molecule has 1 saturated heterocycles. The van der Waals surface area contributed by atoms with Crippen LogP contribution in [0, 0.1) is 12.3 Å². The zero-order valence-electron chi connectivity index (χ0n) is 40.7. The minimum Gasteiger partial charge on any atom is -0.508 e. The Bertz CT molecular complexity index is 2620. The number of phenols is 2. The number of likely N-dealkylation sites (N-methyl/N-ethyl adjacent to an activating group) is 1. The summed E-state index contributed by atoms with van der Waals surface area (Å²) in [5.74, 6) is -1.11. The number of hydrogen-bond acceptors (Lipinski definition) is 11. The fraction of sp³-hybridized carbons (Fsp3) is 0.370. The molecule has 5 aromatic rings. The zero-order valence-corrected chi connectivity index (χ0v) is 41.5. The number of allylic oxidation sites excluding steroid dienone is 1. The number of β-amino-alcohol motifs (C(OH)–C–C–N with tert-alkyl or cyclic N) is 1. The van der Waals surface area contributed by atoms with Crippen LogP contribution >= 0.6 is 11.3 Å². The Morgan fingerprint density at radius 1 is 0.829 bits per heavy atom. The molecule has 1 fully saturated rings. The number of hydrogen-bond donors (Lipinski definition) is 6. The average Bonchev–Trinajstić information content (AvgIpc) is 3.96. The molecule has 0 saturated carbocycles. The summed E-state index contributed by atoms with van der Waals surface area (Å²) >= 11 is 1.56. The van der Waals surface area contributed by atoms with Crippen LogP contribution in [0.15, 0.2) is 103 Å². The van der Waals surface area contributed by atoms with E-state index in [-0.39, 0.29) is 69.3 Å². The molecular weight excluding hydrogens is 909 g/mol. The molecule has 2 heterocycles. The van der Waals surface area contributed by atoms with E-state index in [4.69, 9.17) is 4.74 Å². The highest BCUT2D eigenvalue weighted by molar-refractivity contribution is 7.13. The predicted octanol–water partition coefficient (Wildman–Crippen LogP) is 6.83. The Balaban J connectivity index is 0.926. The van der Waals surface area contributed by atoms with Gasteiger partial charge in [-0.3, -0.25) is 24.0 Å². The van der Waals surface area contributed by atoms with Crippen molar-refractivity contribution < 1.29 is 44.0 Å². The maximum atomic E-state index is 14.0. The first kappa shape index (κ1) is 52.3. The SMILES string of the molecule is CC/C(=C(\c1ccc(O)cc1)c1ccc(OCCN(C)C(=O)CCNC(=O)CCC(=O)N[C@H](C(=O)N2C[C@H](O)C[C@H]2C(=O)NCc2ccc(-c3scnc3C)cc2)C(C)(C)C)cc1)c1ccc(O)cc1. The van der Waals surface area contributed by atoms with Gasteiger partial charge in [0, 0.05) is 52.4 Å². The third-order valence-electron chi connectivity index (χ3n) is 12.2. The van der Waals surface area contributed by atoms with E-state index in [1.165, 1.54) is 9.80 Å². The number of aromatic nitrogens is 1. The smallest absolute Gasteiger partial charge is 0.246 e. The number of ether oxygens (including phenoxy) is 1. The van der Waals surface area contributed by atoms with Gasteiger partial charge in [0.1, 0.15) is 35.9 Å². The number of carbonyl (C=O) groups is 5. The van der Waals surface area contributed by atoms with Gasteiger partial charge < -0.3 is 45.8 Å². The van der Waals surface area contributed by atoms with Crippen molar-refractivity contribution >= 4 is 52.0 Å². The molecule has 5 amide bonds. The van der Waals surface area contributed by atoms with Crippen LogP contribution in [0.5, 0.6) is 17.2 Å². The van der Waals surface area contributed by atoms with Gasteiger partial charge in [0.25, 0.3) is 0 Å². The van der Waals surface area contributed by atoms with Crippen molar-refractivity contribution in [3.05, 3.63) is 131 Å². The van der Waals surface area contributed by atoms with Crippen molar-refractivity contribution in [3.63, 3.8) is 0 Å². The summed E-state index contributed by atoms with van der Waals surface area (Å²) in [6.45, 7) is 10.1. The van der Waals surface area contributed by atoms with Crippen LogP contribution in [0.3, 0.4) is 0 Å². The van der Waals surface area contributed by atoms with Crippen LogP contribution in [0.2, 0.25) is 0 Å². The Labute approximate surface area is 413 Å². The van der Waals surface area contributed by atoms with Crippen molar-refractivity contribution in [2.45, 2.75) is 91.5 Å². The Morgan fingerprint density at radius 2 is 1.43 bits per heavy atom. The third kappa shape index (κ3) is 14.0. The van der Waals surface area contributed by atoms with Crippen LogP contribution in [0.4, 0.5) is 0 Å². The molecule has 70 heavy (non-hydrogen) atoms. The number of amides is 5. The number of aromatic hydroxyl groups is 2. The fourth-order valence-electron chi connectivity index (χ4n) is 8.30. The van der Waals surface area contributed by atoms with E-state index < -0.39 is 47.2 Å². The second-order valence-electron chi connectivity index (χ2n) is 18.5. The van der Waals surface area contributed by atoms with Gasteiger partial charge in [0.05, 0.1) is 28.7 Å². The predicted molar refractivity (Wildman–Crippen MR) is 270 cm³/mol. The van der Waals surface area contributed by atoms with Crippen LogP contribution in [0.25, 0.3) is 21.6 Å². The van der Waals surface area contributed by atoms with Crippen LogP contribution < -0.4 is 20.7 Å². The van der Waals surface area contributed by atoms with Gasteiger partial charge in [-0.25, -0.2) is 4.98 Å². The van der Waals surface area contributed by atoms with E-state index in [2.05, 4.69) is 27.9 Å². The highest BCUT2D eigenvalue weighted by Gasteiger charge is 2.44. The van der Waals surface area contributed by atoms with Crippen molar-refractivity contribution in [2.75, 3.05) is 33.3 Å². The highest BCUT2D eigenvalue weighted by atomic mass is 32.1. The molecule has 0 spiro atoms. The van der Waals surface area contributed by atoms with Gasteiger partial charge in [0.15, 0.2) is 0 Å². The van der Waals surface area contributed by atoms with E-state index in [1.807, 2.05) is 79.7 Å². The molecule has 1 aliphatic heterocycles. The first-order chi connectivity index (χ1) is 33.4. The van der Waals surface area contributed by atoms with Gasteiger partial charge in [-0.1, -0.05) is 88.4 Å². The number of nitrogens with one attached hydrogen (secondary N) is 3. The minimum absolute atomic E-state index is 0.0346. The van der Waals surface area contributed by atoms with Crippen molar-refractivity contribution in [2.24, 2.45) is 5.41 Å². The molecule has 1 aliphatic rings. The Morgan fingerprint density at radius 3 is 2.01 bits per heavy atom. The third-order valence-corrected chi connectivity index (χ3v) is 13.2. The first-order valence-electron chi connectivity index (χ1n) is 23.5. The lowest BCUT2D eigenvalue weighted by Gasteiger charge is -2.35. The molecule has 4 aromatic carbocycles. The summed E-state index contributed by atoms with van der Waals surface area (Å²) in [4.78, 5) is 74.6. The van der Waals surface area contributed by atoms with Crippen LogP contribution in [-0.2, 0) is 30.5 Å². The van der Waals surface area contributed by atoms with Crippen molar-refractivity contribution in [3.8, 4) is 27.7 Å². The summed E-state index contributed by atoms with van der Waals surface area (Å²) in [7, 11) is 1.65. The summed E-state index contributed by atoms with van der Waals surface area (Å²) in [6.07, 6.45) is -0.491. The average molecular weight is 973 g/mol. The summed E-state index contributed by atoms with van der Waals surface area (Å²) in [6, 6.07) is 27.6. The number of aryl methyl sites for hydroxylation is 1. The van der Waals surface area contributed by atoms with Crippen molar-refractivity contribution in [1.82, 2.24) is 30.7 Å². The number of aliphatic hydroxyl groups is 1. The topological polar surface area (TPSA) is 211 Å². The van der Waals surface area contributed by atoms with E-state index in [9.17, 15) is 39.3 Å². The molecule has 0 bridgehead atoms. The minimum atomic E-state index is -1.04. The second kappa shape index (κ2) is 24.0. The molecule has 3 atom stereocenters. The summed E-state index contributed by atoms with van der Waals surface area (Å²) < 4.78 is 5.98. The number of aliphatic hydroxyl groups excluding tert-OH is 1. The van der Waals surface area contributed by atoms with E-state index in [0.717, 1.165) is 49.5 Å². The number of phenolic OH excluding ortho intramolecular Hbond substituents is 2. The molecule has 0 radical (unpaired) electrons. The van der Waals surface area contributed by atoms with Crippen molar-refractivity contribution in [1.29, 1.82) is 0 Å². The lowest BCUT2D eigenvalue weighted by Crippen LogP contribution is -2.57. The number of thiazole rings is 1. The molecule has 1 aromatic heterocycles. The van der Waals surface area contributed by atoms with Gasteiger partial charge in [-0.2, -0.15) is 0 Å². The molecule has 370 valence electrons. The molecule has 15 nitrogen and oxygen atoms in total. The second-order valence-corrected chi connectivity index (χ2v) is 19.4. The van der Waals surface area contributed by atoms with E-state index in [1.54, 1.807) is 68.9 Å². The van der Waals surface area contributed by atoms with Crippen LogP contribution in [0.1, 0.15) is 87.7 Å². The normalized spacial score (nSPS) is 15.4. The molecule has 0 unspecified atom stereocenters. The molecular formula is C54H64N6O9S. The maximum Gasteiger partial charge on any atom is 0.246 e.